The molecule has 4 nitrogen and oxygen atoms in total. The van der Waals surface area contributed by atoms with Crippen molar-refractivity contribution in [3.63, 3.8) is 0 Å². The molecule has 0 saturated carbocycles. The lowest BCUT2D eigenvalue weighted by molar-refractivity contribution is -0.115. The van der Waals surface area contributed by atoms with Gasteiger partial charge in [0.2, 0.25) is 0 Å². The monoisotopic (exact) mass is 476 g/mol. The predicted molar refractivity (Wildman–Crippen MR) is 138 cm³/mol. The van der Waals surface area contributed by atoms with E-state index in [2.05, 4.69) is 29.4 Å². The number of ether oxygens (including phenoxy) is 1. The number of carbonyl (C=O) groups is 1. The highest BCUT2D eigenvalue weighted by Gasteiger charge is 2.23. The summed E-state index contributed by atoms with van der Waals surface area (Å²) >= 11 is 7.27. The van der Waals surface area contributed by atoms with E-state index in [4.69, 9.17) is 16.3 Å². The van der Waals surface area contributed by atoms with Gasteiger partial charge in [-0.2, -0.15) is 0 Å². The van der Waals surface area contributed by atoms with Crippen molar-refractivity contribution in [2.45, 2.75) is 32.8 Å². The lowest BCUT2D eigenvalue weighted by Gasteiger charge is -2.07. The van der Waals surface area contributed by atoms with E-state index in [-0.39, 0.29) is 5.91 Å². The number of amides is 1. The average Bonchev–Trinajstić information content (AvgIpc) is 3.17. The Kier molecular flexibility index (Phi) is 7.87. The fraction of sp³-hybridized carbons (Fsp3) is 0.185. The molecule has 3 aromatic rings. The smallest absolute Gasteiger partial charge is 0.264 e. The van der Waals surface area contributed by atoms with Gasteiger partial charge in [-0.15, -0.1) is 0 Å². The molecule has 1 fully saturated rings. The molecule has 1 amide bonds. The minimum atomic E-state index is -0.147. The SMILES string of the molecule is CCCCc1ccc(N=C2NC(=O)C(=Cc3cccc(OCc4ccc(Cl)cc4)c3)S2)cc1. The number of amidine groups is 1. The van der Waals surface area contributed by atoms with Gasteiger partial charge in [-0.1, -0.05) is 61.3 Å². The van der Waals surface area contributed by atoms with Crippen LogP contribution >= 0.6 is 23.4 Å². The van der Waals surface area contributed by atoms with Crippen molar-refractivity contribution in [2.75, 3.05) is 0 Å². The lowest BCUT2D eigenvalue weighted by Crippen LogP contribution is -2.19. The molecule has 168 valence electrons. The molecule has 0 bridgehead atoms. The Morgan fingerprint density at radius 1 is 1.03 bits per heavy atom. The van der Waals surface area contributed by atoms with E-state index in [1.807, 2.05) is 66.7 Å². The fourth-order valence-electron chi connectivity index (χ4n) is 3.31. The number of benzene rings is 3. The zero-order valence-electron chi connectivity index (χ0n) is 18.4. The molecule has 0 spiro atoms. The Morgan fingerprint density at radius 3 is 2.55 bits per heavy atom. The van der Waals surface area contributed by atoms with Gasteiger partial charge in [0.15, 0.2) is 5.17 Å². The molecular formula is C27H25ClN2O2S. The van der Waals surface area contributed by atoms with Gasteiger partial charge in [-0.05, 0) is 83.8 Å². The molecule has 0 unspecified atom stereocenters. The topological polar surface area (TPSA) is 50.7 Å². The van der Waals surface area contributed by atoms with Crippen molar-refractivity contribution in [3.8, 4) is 5.75 Å². The molecule has 1 N–H and O–H groups in total. The van der Waals surface area contributed by atoms with Crippen molar-refractivity contribution in [1.82, 2.24) is 5.32 Å². The summed E-state index contributed by atoms with van der Waals surface area (Å²) in [7, 11) is 0. The second-order valence-corrected chi connectivity index (χ2v) is 9.21. The molecule has 1 aliphatic heterocycles. The van der Waals surface area contributed by atoms with Crippen LogP contribution in [0.25, 0.3) is 6.08 Å². The normalized spacial score (nSPS) is 15.8. The first-order chi connectivity index (χ1) is 16.1. The molecule has 0 atom stereocenters. The van der Waals surface area contributed by atoms with Crippen molar-refractivity contribution < 1.29 is 9.53 Å². The predicted octanol–water partition coefficient (Wildman–Crippen LogP) is 7.15. The summed E-state index contributed by atoms with van der Waals surface area (Å²) in [5, 5.41) is 4.14. The number of carbonyl (C=O) groups excluding carboxylic acids is 1. The number of thioether (sulfide) groups is 1. The third-order valence-corrected chi connectivity index (χ3v) is 6.27. The summed E-state index contributed by atoms with van der Waals surface area (Å²) in [5.41, 5.74) is 4.07. The first-order valence-electron chi connectivity index (χ1n) is 10.9. The first kappa shape index (κ1) is 23.1. The van der Waals surface area contributed by atoms with E-state index >= 15 is 0 Å². The molecule has 3 aromatic carbocycles. The van der Waals surface area contributed by atoms with Crippen LogP contribution in [0.15, 0.2) is 82.7 Å². The number of hydrogen-bond donors (Lipinski definition) is 1. The van der Waals surface area contributed by atoms with E-state index in [1.165, 1.54) is 30.2 Å². The summed E-state index contributed by atoms with van der Waals surface area (Å²) in [6, 6.07) is 23.4. The minimum Gasteiger partial charge on any atom is -0.489 e. The quantitative estimate of drug-likeness (QED) is 0.351. The highest BCUT2D eigenvalue weighted by Crippen LogP contribution is 2.29. The number of unbranched alkanes of at least 4 members (excludes halogenated alkanes) is 1. The molecule has 0 aliphatic carbocycles. The Bertz CT molecular complexity index is 1170. The van der Waals surface area contributed by atoms with Gasteiger partial charge in [0.05, 0.1) is 10.6 Å². The van der Waals surface area contributed by atoms with Crippen LogP contribution in [0.1, 0.15) is 36.5 Å². The van der Waals surface area contributed by atoms with E-state index in [0.29, 0.717) is 21.7 Å². The molecule has 0 radical (unpaired) electrons. The van der Waals surface area contributed by atoms with Crippen LogP contribution in [0.3, 0.4) is 0 Å². The van der Waals surface area contributed by atoms with Crippen LogP contribution in [0.5, 0.6) is 5.75 Å². The number of rotatable bonds is 8. The maximum atomic E-state index is 12.5. The molecular weight excluding hydrogens is 452 g/mol. The fourth-order valence-corrected chi connectivity index (χ4v) is 4.28. The second kappa shape index (κ2) is 11.2. The zero-order chi connectivity index (χ0) is 23.0. The standard InChI is InChI=1S/C27H25ClN2O2S/c1-2-3-5-19-10-14-23(15-11-19)29-27-30-26(31)25(33-27)17-21-6-4-7-24(16-21)32-18-20-8-12-22(28)13-9-20/h4,6-17H,2-3,5,18H2,1H3,(H,29,30,31). The highest BCUT2D eigenvalue weighted by atomic mass is 35.5. The first-order valence-corrected chi connectivity index (χ1v) is 12.1. The third-order valence-electron chi connectivity index (χ3n) is 5.11. The molecule has 1 aliphatic rings. The van der Waals surface area contributed by atoms with Crippen molar-refractivity contribution >= 4 is 46.2 Å². The van der Waals surface area contributed by atoms with Gasteiger partial charge in [0, 0.05) is 5.02 Å². The number of aliphatic imine (C=N–C) groups is 1. The van der Waals surface area contributed by atoms with Crippen molar-refractivity contribution in [1.29, 1.82) is 0 Å². The van der Waals surface area contributed by atoms with Crippen LogP contribution in [-0.4, -0.2) is 11.1 Å². The van der Waals surface area contributed by atoms with E-state index < -0.39 is 0 Å². The number of aryl methyl sites for hydroxylation is 1. The number of hydrogen-bond acceptors (Lipinski definition) is 4. The molecule has 4 rings (SSSR count). The number of halogens is 1. The van der Waals surface area contributed by atoms with Crippen LogP contribution < -0.4 is 10.1 Å². The number of nitrogens with one attached hydrogen (secondary N) is 1. The lowest BCUT2D eigenvalue weighted by atomic mass is 10.1. The van der Waals surface area contributed by atoms with Gasteiger partial charge < -0.3 is 10.1 Å². The van der Waals surface area contributed by atoms with E-state index in [9.17, 15) is 4.79 Å². The summed E-state index contributed by atoms with van der Waals surface area (Å²) in [6.45, 7) is 2.64. The van der Waals surface area contributed by atoms with Crippen molar-refractivity contribution in [3.05, 3.63) is 99.4 Å². The highest BCUT2D eigenvalue weighted by molar-refractivity contribution is 8.18. The summed E-state index contributed by atoms with van der Waals surface area (Å²) in [6.07, 6.45) is 5.29. The maximum absolute atomic E-state index is 12.5. The molecule has 6 heteroatoms. The van der Waals surface area contributed by atoms with Crippen molar-refractivity contribution in [2.24, 2.45) is 4.99 Å². The van der Waals surface area contributed by atoms with Gasteiger partial charge in [0.1, 0.15) is 12.4 Å². The maximum Gasteiger partial charge on any atom is 0.264 e. The Balaban J connectivity index is 1.40. The summed E-state index contributed by atoms with van der Waals surface area (Å²) in [5.74, 6) is 0.588. The summed E-state index contributed by atoms with van der Waals surface area (Å²) in [4.78, 5) is 17.6. The van der Waals surface area contributed by atoms with Crippen LogP contribution in [0.4, 0.5) is 5.69 Å². The van der Waals surface area contributed by atoms with Gasteiger partial charge in [-0.3, -0.25) is 4.79 Å². The van der Waals surface area contributed by atoms with Crippen LogP contribution in [-0.2, 0) is 17.8 Å². The van der Waals surface area contributed by atoms with E-state index in [0.717, 1.165) is 29.0 Å². The second-order valence-electron chi connectivity index (χ2n) is 7.74. The Labute approximate surface area is 203 Å². The summed E-state index contributed by atoms with van der Waals surface area (Å²) < 4.78 is 5.89. The van der Waals surface area contributed by atoms with Crippen LogP contribution in [0, 0.1) is 0 Å². The molecule has 1 saturated heterocycles. The number of nitrogens with zero attached hydrogens (tertiary/aromatic N) is 1. The third kappa shape index (κ3) is 6.73. The minimum absolute atomic E-state index is 0.147. The Morgan fingerprint density at radius 2 is 1.79 bits per heavy atom. The van der Waals surface area contributed by atoms with Crippen LogP contribution in [0.2, 0.25) is 5.02 Å². The molecule has 0 aromatic heterocycles. The Hall–Kier alpha value is -3.02. The van der Waals surface area contributed by atoms with E-state index in [1.54, 1.807) is 0 Å². The van der Waals surface area contributed by atoms with Gasteiger partial charge >= 0.3 is 0 Å². The average molecular weight is 477 g/mol. The molecule has 1 heterocycles. The van der Waals surface area contributed by atoms with Gasteiger partial charge in [0.25, 0.3) is 5.91 Å². The zero-order valence-corrected chi connectivity index (χ0v) is 20.0. The molecule has 33 heavy (non-hydrogen) atoms. The van der Waals surface area contributed by atoms with Gasteiger partial charge in [-0.25, -0.2) is 4.99 Å². The largest absolute Gasteiger partial charge is 0.489 e.